The Morgan fingerprint density at radius 2 is 1.66 bits per heavy atom. The Bertz CT molecular complexity index is 1980. The van der Waals surface area contributed by atoms with Crippen molar-refractivity contribution in [3.05, 3.63) is 114 Å². The number of methoxy groups -OCH3 is 1. The highest BCUT2D eigenvalue weighted by Gasteiger charge is 2.31. The number of amides is 3. The quantitative estimate of drug-likeness (QED) is 0.142. The van der Waals surface area contributed by atoms with E-state index in [1.165, 1.54) is 23.5 Å². The second-order valence-corrected chi connectivity index (χ2v) is 15.9. The molecule has 0 bridgehead atoms. The Hall–Kier alpha value is -5.02. The van der Waals surface area contributed by atoms with E-state index in [1.807, 2.05) is 56.3 Å². The molecular weight excluding hydrogens is 740 g/mol. The molecule has 3 atom stereocenters. The fraction of sp³-hybridized carbons (Fsp3) is 0.381. The van der Waals surface area contributed by atoms with Crippen molar-refractivity contribution < 1.29 is 41.3 Å². The van der Waals surface area contributed by atoms with Gasteiger partial charge in [-0.05, 0) is 98.5 Å². The maximum atomic E-state index is 14.7. The summed E-state index contributed by atoms with van der Waals surface area (Å²) in [4.78, 5) is 29.3. The number of hydrogen-bond acceptors (Lipinski definition) is 8. The zero-order valence-corrected chi connectivity index (χ0v) is 33.1. The van der Waals surface area contributed by atoms with E-state index in [0.29, 0.717) is 43.2 Å². The number of sulfonamides is 1. The predicted molar refractivity (Wildman–Crippen MR) is 213 cm³/mol. The number of nitrogens with zero attached hydrogens (tertiary/aromatic N) is 2. The van der Waals surface area contributed by atoms with E-state index in [2.05, 4.69) is 10.6 Å². The molecule has 4 aromatic carbocycles. The summed E-state index contributed by atoms with van der Waals surface area (Å²) in [5.41, 5.74) is 2.18. The molecule has 0 aromatic heterocycles. The van der Waals surface area contributed by atoms with E-state index in [4.69, 9.17) is 18.9 Å². The molecule has 0 saturated heterocycles. The molecule has 5 rings (SSSR count). The molecule has 1 heterocycles. The molecule has 0 aliphatic carbocycles. The normalized spacial score (nSPS) is 18.4. The summed E-state index contributed by atoms with van der Waals surface area (Å²) in [5, 5.41) is 5.62. The van der Waals surface area contributed by atoms with Crippen LogP contribution in [0.25, 0.3) is 0 Å². The lowest BCUT2D eigenvalue weighted by molar-refractivity contribution is -0.00582. The number of hydrogen-bond donors (Lipinski definition) is 2. The lowest BCUT2D eigenvalue weighted by Gasteiger charge is -2.33. The van der Waals surface area contributed by atoms with Crippen molar-refractivity contribution in [2.75, 3.05) is 57.6 Å². The maximum Gasteiger partial charge on any atom is 0.323 e. The van der Waals surface area contributed by atoms with Crippen LogP contribution in [-0.4, -0.2) is 88.8 Å². The second kappa shape index (κ2) is 20.2. The van der Waals surface area contributed by atoms with E-state index in [1.54, 1.807) is 42.3 Å². The average Bonchev–Trinajstić information content (AvgIpc) is 3.19. The molecule has 300 valence electrons. The summed E-state index contributed by atoms with van der Waals surface area (Å²) in [5.74, 6) is -0.137. The molecule has 56 heavy (non-hydrogen) atoms. The zero-order chi connectivity index (χ0) is 40.1. The van der Waals surface area contributed by atoms with Gasteiger partial charge in [0.1, 0.15) is 17.3 Å². The zero-order valence-electron chi connectivity index (χ0n) is 32.3. The van der Waals surface area contributed by atoms with Crippen LogP contribution in [0.3, 0.4) is 0 Å². The smallest absolute Gasteiger partial charge is 0.323 e. The monoisotopic (exact) mass is 790 g/mol. The van der Waals surface area contributed by atoms with Crippen LogP contribution >= 0.6 is 0 Å². The van der Waals surface area contributed by atoms with Gasteiger partial charge in [-0.2, -0.15) is 4.31 Å². The number of likely N-dealkylation sites (N-methyl/N-ethyl adjacent to an activating group) is 1. The van der Waals surface area contributed by atoms with Gasteiger partial charge in [-0.25, -0.2) is 17.6 Å². The van der Waals surface area contributed by atoms with Gasteiger partial charge in [0.2, 0.25) is 10.0 Å². The minimum atomic E-state index is -3.97. The highest BCUT2D eigenvalue weighted by atomic mass is 32.2. The largest absolute Gasteiger partial charge is 0.497 e. The first kappa shape index (κ1) is 42.1. The number of benzene rings is 4. The molecule has 0 fully saturated rings. The summed E-state index contributed by atoms with van der Waals surface area (Å²) < 4.78 is 65.9. The van der Waals surface area contributed by atoms with E-state index < -0.39 is 28.0 Å². The third kappa shape index (κ3) is 12.0. The molecule has 4 aromatic rings. The van der Waals surface area contributed by atoms with Gasteiger partial charge in [0.15, 0.2) is 0 Å². The van der Waals surface area contributed by atoms with Crippen molar-refractivity contribution in [3.8, 4) is 11.5 Å². The van der Waals surface area contributed by atoms with Gasteiger partial charge in [0.25, 0.3) is 5.91 Å². The molecule has 1 aliphatic rings. The Labute approximate surface area is 328 Å². The highest BCUT2D eigenvalue weighted by Crippen LogP contribution is 2.28. The summed E-state index contributed by atoms with van der Waals surface area (Å²) >= 11 is 0. The van der Waals surface area contributed by atoms with E-state index in [0.717, 1.165) is 29.9 Å². The fourth-order valence-corrected chi connectivity index (χ4v) is 7.45. The van der Waals surface area contributed by atoms with Crippen molar-refractivity contribution in [1.82, 2.24) is 9.21 Å². The first-order chi connectivity index (χ1) is 26.9. The number of para-hydroxylation sites is 1. The Morgan fingerprint density at radius 3 is 2.38 bits per heavy atom. The first-order valence-corrected chi connectivity index (χ1v) is 20.1. The Morgan fingerprint density at radius 1 is 0.946 bits per heavy atom. The molecule has 0 radical (unpaired) electrons. The van der Waals surface area contributed by atoms with Gasteiger partial charge in [-0.3, -0.25) is 4.79 Å². The topological polar surface area (TPSA) is 136 Å². The molecular formula is C42H51FN4O8S. The molecule has 12 nitrogen and oxygen atoms in total. The second-order valence-electron chi connectivity index (χ2n) is 13.9. The molecule has 2 N–H and O–H groups in total. The highest BCUT2D eigenvalue weighted by molar-refractivity contribution is 7.89. The fourth-order valence-electron chi connectivity index (χ4n) is 6.27. The first-order valence-electron chi connectivity index (χ1n) is 18.7. The van der Waals surface area contributed by atoms with Crippen LogP contribution in [0.4, 0.5) is 20.6 Å². The van der Waals surface area contributed by atoms with Crippen molar-refractivity contribution in [3.63, 3.8) is 0 Å². The van der Waals surface area contributed by atoms with Crippen LogP contribution < -0.4 is 20.1 Å². The standard InChI is InChI=1S/C42H51FN4O8S/c1-30-27-47(23-25-53-29-32-13-18-36(52-4)19-14-32)41(48)38-26-35(45-42(49)44-34-11-6-5-7-12-34)17-22-39(38)55-31(2)10-8-9-24-54-40(30)28-46(3)56(50,51)37-20-15-33(43)16-21-37/h5-7,11-22,26,30-31,40H,8-10,23-25,27-29H2,1-4H3,(H2,44,45,49)/t30-,31+,40+/m1/s1. The number of carbonyl (C=O) groups excluding carboxylic acids is 2. The van der Waals surface area contributed by atoms with Crippen LogP contribution in [-0.2, 0) is 26.1 Å². The third-order valence-electron chi connectivity index (χ3n) is 9.49. The number of fused-ring (bicyclic) bond motifs is 1. The number of ether oxygens (including phenoxy) is 4. The summed E-state index contributed by atoms with van der Waals surface area (Å²) in [7, 11) is -0.904. The average molecular weight is 791 g/mol. The van der Waals surface area contributed by atoms with Crippen LogP contribution in [0, 0.1) is 11.7 Å². The maximum absolute atomic E-state index is 14.7. The molecule has 0 saturated carbocycles. The Kier molecular flexibility index (Phi) is 15.2. The molecule has 0 spiro atoms. The SMILES string of the molecule is COc1ccc(COCCN2C[C@@H](C)[C@H](CN(C)S(=O)(=O)c3ccc(F)cc3)OCCCC[C@H](C)Oc3ccc(NC(=O)Nc4ccccc4)cc3C2=O)cc1. The van der Waals surface area contributed by atoms with Crippen molar-refractivity contribution >= 4 is 33.3 Å². The van der Waals surface area contributed by atoms with Crippen LogP contribution in [0.15, 0.2) is 102 Å². The Balaban J connectivity index is 1.41. The van der Waals surface area contributed by atoms with Crippen molar-refractivity contribution in [2.45, 2.75) is 56.8 Å². The predicted octanol–water partition coefficient (Wildman–Crippen LogP) is 7.43. The van der Waals surface area contributed by atoms with Gasteiger partial charge < -0.3 is 34.5 Å². The minimum Gasteiger partial charge on any atom is -0.497 e. The summed E-state index contributed by atoms with van der Waals surface area (Å²) in [6, 6.07) is 25.7. The van der Waals surface area contributed by atoms with Crippen LogP contribution in [0.1, 0.15) is 49.0 Å². The third-order valence-corrected chi connectivity index (χ3v) is 11.3. The van der Waals surface area contributed by atoms with Gasteiger partial charge >= 0.3 is 6.03 Å². The van der Waals surface area contributed by atoms with E-state index >= 15 is 0 Å². The number of urea groups is 1. The summed E-state index contributed by atoms with van der Waals surface area (Å²) in [6.07, 6.45) is 1.31. The lowest BCUT2D eigenvalue weighted by Crippen LogP contribution is -2.45. The molecule has 1 aliphatic heterocycles. The van der Waals surface area contributed by atoms with E-state index in [9.17, 15) is 22.4 Å². The van der Waals surface area contributed by atoms with E-state index in [-0.39, 0.29) is 54.6 Å². The molecule has 14 heteroatoms. The van der Waals surface area contributed by atoms with Crippen LogP contribution in [0.2, 0.25) is 0 Å². The number of nitrogens with one attached hydrogen (secondary N) is 2. The van der Waals surface area contributed by atoms with Crippen LogP contribution in [0.5, 0.6) is 11.5 Å². The minimum absolute atomic E-state index is 0.00241. The molecule has 0 unspecified atom stereocenters. The van der Waals surface area contributed by atoms with Crippen molar-refractivity contribution in [1.29, 1.82) is 0 Å². The van der Waals surface area contributed by atoms with Gasteiger partial charge in [0.05, 0.1) is 43.0 Å². The number of halogens is 1. The molecule has 3 amide bonds. The summed E-state index contributed by atoms with van der Waals surface area (Å²) in [6.45, 7) is 5.10. The van der Waals surface area contributed by atoms with Gasteiger partial charge in [0, 0.05) is 50.6 Å². The van der Waals surface area contributed by atoms with Crippen molar-refractivity contribution in [2.24, 2.45) is 5.92 Å². The van der Waals surface area contributed by atoms with Gasteiger partial charge in [-0.15, -0.1) is 0 Å². The number of anilines is 2. The number of rotatable bonds is 12. The lowest BCUT2D eigenvalue weighted by atomic mass is 10.0. The van der Waals surface area contributed by atoms with Gasteiger partial charge in [-0.1, -0.05) is 37.3 Å². The number of carbonyl (C=O) groups is 2.